The van der Waals surface area contributed by atoms with E-state index in [1.807, 2.05) is 24.3 Å². The number of hydrogen-bond acceptors (Lipinski definition) is 2. The topological polar surface area (TPSA) is 26.3 Å². The van der Waals surface area contributed by atoms with Crippen LogP contribution in [0.15, 0.2) is 24.3 Å². The number of ether oxygens (including phenoxy) is 1. The van der Waals surface area contributed by atoms with Gasteiger partial charge in [0, 0.05) is 12.7 Å². The zero-order valence-electron chi connectivity index (χ0n) is 8.32. The van der Waals surface area contributed by atoms with Crippen molar-refractivity contribution in [1.29, 1.82) is 0 Å². The maximum absolute atomic E-state index is 10.5. The number of rotatable bonds is 3. The van der Waals surface area contributed by atoms with Crippen LogP contribution in [0.3, 0.4) is 0 Å². The molecule has 0 heterocycles. The minimum absolute atomic E-state index is 0.0680. The van der Waals surface area contributed by atoms with Crippen molar-refractivity contribution in [3.05, 3.63) is 35.4 Å². The average molecular weight is 190 g/mol. The molecule has 14 heavy (non-hydrogen) atoms. The summed E-state index contributed by atoms with van der Waals surface area (Å²) >= 11 is 0. The largest absolute Gasteiger partial charge is 0.374 e. The van der Waals surface area contributed by atoms with Crippen molar-refractivity contribution in [2.75, 3.05) is 7.11 Å². The van der Waals surface area contributed by atoms with Crippen LogP contribution < -0.4 is 0 Å². The molecule has 1 aromatic carbocycles. The summed E-state index contributed by atoms with van der Waals surface area (Å²) in [5.41, 5.74) is 1.85. The quantitative estimate of drug-likeness (QED) is 0.684. The molecule has 1 fully saturated rings. The van der Waals surface area contributed by atoms with E-state index >= 15 is 0 Å². The first-order valence-corrected chi connectivity index (χ1v) is 4.92. The minimum atomic E-state index is -0.0680. The van der Waals surface area contributed by atoms with E-state index in [1.165, 1.54) is 12.0 Å². The summed E-state index contributed by atoms with van der Waals surface area (Å²) in [6, 6.07) is 7.68. The molecule has 0 aliphatic heterocycles. The molecule has 2 nitrogen and oxygen atoms in total. The molecule has 0 unspecified atom stereocenters. The van der Waals surface area contributed by atoms with E-state index < -0.39 is 0 Å². The molecule has 2 rings (SSSR count). The van der Waals surface area contributed by atoms with Gasteiger partial charge in [0.15, 0.2) is 0 Å². The summed E-state index contributed by atoms with van der Waals surface area (Å²) < 4.78 is 5.54. The molecule has 0 atom stereocenters. The van der Waals surface area contributed by atoms with Crippen LogP contribution in [0.4, 0.5) is 0 Å². The number of hydrogen-bond donors (Lipinski definition) is 0. The number of methoxy groups -OCH3 is 1. The van der Waals surface area contributed by atoms with Gasteiger partial charge in [0.25, 0.3) is 0 Å². The summed E-state index contributed by atoms with van der Waals surface area (Å²) in [5.74, 6) is 0. The lowest BCUT2D eigenvalue weighted by atomic mass is 9.75. The Kier molecular flexibility index (Phi) is 2.38. The lowest BCUT2D eigenvalue weighted by Gasteiger charge is -2.41. The molecule has 74 valence electrons. The predicted octanol–water partition coefficient (Wildman–Crippen LogP) is 2.52. The van der Waals surface area contributed by atoms with Gasteiger partial charge in [-0.15, -0.1) is 0 Å². The van der Waals surface area contributed by atoms with Crippen molar-refractivity contribution in [2.24, 2.45) is 0 Å². The second kappa shape index (κ2) is 3.54. The van der Waals surface area contributed by atoms with Gasteiger partial charge in [0.1, 0.15) is 6.29 Å². The maximum Gasteiger partial charge on any atom is 0.150 e. The Balaban J connectivity index is 2.27. The van der Waals surface area contributed by atoms with Crippen molar-refractivity contribution >= 4 is 6.29 Å². The van der Waals surface area contributed by atoms with Crippen molar-refractivity contribution < 1.29 is 9.53 Å². The molecule has 2 heteroatoms. The van der Waals surface area contributed by atoms with Crippen LogP contribution in [0.2, 0.25) is 0 Å². The van der Waals surface area contributed by atoms with Crippen molar-refractivity contribution in [3.8, 4) is 0 Å². The van der Waals surface area contributed by atoms with Gasteiger partial charge in [-0.3, -0.25) is 4.79 Å². The highest BCUT2D eigenvalue weighted by molar-refractivity contribution is 5.74. The molecule has 0 aromatic heterocycles. The highest BCUT2D eigenvalue weighted by atomic mass is 16.5. The molecule has 0 saturated heterocycles. The van der Waals surface area contributed by atoms with E-state index in [4.69, 9.17) is 4.74 Å². The third kappa shape index (κ3) is 1.36. The summed E-state index contributed by atoms with van der Waals surface area (Å²) in [6.45, 7) is 0. The summed E-state index contributed by atoms with van der Waals surface area (Å²) in [4.78, 5) is 10.5. The number of carbonyl (C=O) groups is 1. The second-order valence-corrected chi connectivity index (χ2v) is 3.79. The Bertz CT molecular complexity index is 317. The molecule has 1 saturated carbocycles. The SMILES string of the molecule is COC1(c2ccc(C=O)cc2)CCC1. The normalized spacial score (nSPS) is 18.6. The van der Waals surface area contributed by atoms with E-state index in [9.17, 15) is 4.79 Å². The van der Waals surface area contributed by atoms with E-state index in [0.29, 0.717) is 0 Å². The first-order valence-electron chi connectivity index (χ1n) is 4.92. The number of benzene rings is 1. The third-order valence-electron chi connectivity index (χ3n) is 3.12. The zero-order chi connectivity index (χ0) is 10.0. The fourth-order valence-corrected chi connectivity index (χ4v) is 1.97. The molecule has 0 radical (unpaired) electrons. The molecule has 0 bridgehead atoms. The summed E-state index contributed by atoms with van der Waals surface area (Å²) in [5, 5.41) is 0. The second-order valence-electron chi connectivity index (χ2n) is 3.79. The van der Waals surface area contributed by atoms with Crippen LogP contribution in [0.1, 0.15) is 35.2 Å². The van der Waals surface area contributed by atoms with Crippen LogP contribution in [0, 0.1) is 0 Å². The van der Waals surface area contributed by atoms with Gasteiger partial charge in [0.05, 0.1) is 5.60 Å². The molecule has 1 aliphatic rings. The van der Waals surface area contributed by atoms with Crippen LogP contribution in [0.25, 0.3) is 0 Å². The summed E-state index contributed by atoms with van der Waals surface area (Å²) in [6.07, 6.45) is 4.27. The van der Waals surface area contributed by atoms with Crippen LogP contribution in [-0.2, 0) is 10.3 Å². The van der Waals surface area contributed by atoms with Crippen LogP contribution in [0.5, 0.6) is 0 Å². The van der Waals surface area contributed by atoms with Gasteiger partial charge in [0.2, 0.25) is 0 Å². The van der Waals surface area contributed by atoms with Crippen LogP contribution in [-0.4, -0.2) is 13.4 Å². The Labute approximate surface area is 83.9 Å². The predicted molar refractivity (Wildman–Crippen MR) is 54.4 cm³/mol. The van der Waals surface area contributed by atoms with Gasteiger partial charge in [-0.1, -0.05) is 24.3 Å². The fraction of sp³-hybridized carbons (Fsp3) is 0.417. The minimum Gasteiger partial charge on any atom is -0.374 e. The lowest BCUT2D eigenvalue weighted by molar-refractivity contribution is -0.0778. The van der Waals surface area contributed by atoms with E-state index in [2.05, 4.69) is 0 Å². The van der Waals surface area contributed by atoms with Gasteiger partial charge in [-0.05, 0) is 24.8 Å². The number of aldehydes is 1. The molecule has 0 spiro atoms. The highest BCUT2D eigenvalue weighted by Crippen LogP contribution is 2.44. The highest BCUT2D eigenvalue weighted by Gasteiger charge is 2.38. The average Bonchev–Trinajstić information content (AvgIpc) is 2.18. The molecule has 1 aliphatic carbocycles. The van der Waals surface area contributed by atoms with Gasteiger partial charge < -0.3 is 4.74 Å². The molecule has 1 aromatic rings. The van der Waals surface area contributed by atoms with Crippen molar-refractivity contribution in [1.82, 2.24) is 0 Å². The van der Waals surface area contributed by atoms with Crippen LogP contribution >= 0.6 is 0 Å². The molecule has 0 N–H and O–H groups in total. The Hall–Kier alpha value is -1.15. The Morgan fingerprint density at radius 3 is 2.29 bits per heavy atom. The van der Waals surface area contributed by atoms with Gasteiger partial charge in [-0.25, -0.2) is 0 Å². The number of carbonyl (C=O) groups excluding carboxylic acids is 1. The first kappa shape index (κ1) is 9.41. The van der Waals surface area contributed by atoms with Gasteiger partial charge >= 0.3 is 0 Å². The first-order chi connectivity index (χ1) is 6.80. The van der Waals surface area contributed by atoms with Crippen molar-refractivity contribution in [2.45, 2.75) is 24.9 Å². The molecule has 0 amide bonds. The van der Waals surface area contributed by atoms with E-state index in [1.54, 1.807) is 7.11 Å². The molecular formula is C12H14O2. The Morgan fingerprint density at radius 1 is 1.29 bits per heavy atom. The third-order valence-corrected chi connectivity index (χ3v) is 3.12. The van der Waals surface area contributed by atoms with E-state index in [0.717, 1.165) is 24.7 Å². The Morgan fingerprint density at radius 2 is 1.93 bits per heavy atom. The maximum atomic E-state index is 10.5. The lowest BCUT2D eigenvalue weighted by Crippen LogP contribution is -2.35. The van der Waals surface area contributed by atoms with E-state index in [-0.39, 0.29) is 5.60 Å². The summed E-state index contributed by atoms with van der Waals surface area (Å²) in [7, 11) is 1.76. The smallest absolute Gasteiger partial charge is 0.150 e. The van der Waals surface area contributed by atoms with Gasteiger partial charge in [-0.2, -0.15) is 0 Å². The monoisotopic (exact) mass is 190 g/mol. The molecular weight excluding hydrogens is 176 g/mol. The zero-order valence-corrected chi connectivity index (χ0v) is 8.32. The fourth-order valence-electron chi connectivity index (χ4n) is 1.97. The standard InChI is InChI=1S/C12H14O2/c1-14-12(7-2-8-12)11-5-3-10(9-13)4-6-11/h3-6,9H,2,7-8H2,1H3. The van der Waals surface area contributed by atoms with Crippen molar-refractivity contribution in [3.63, 3.8) is 0 Å².